The third kappa shape index (κ3) is 3.58. The molecule has 1 rings (SSSR count). The summed E-state index contributed by atoms with van der Waals surface area (Å²) in [5, 5.41) is 0. The van der Waals surface area contributed by atoms with E-state index < -0.39 is 30.0 Å². The van der Waals surface area contributed by atoms with E-state index in [1.54, 1.807) is 0 Å². The third-order valence-corrected chi connectivity index (χ3v) is 2.02. The molecule has 0 bridgehead atoms. The van der Waals surface area contributed by atoms with Gasteiger partial charge in [0, 0.05) is 17.2 Å². The first-order chi connectivity index (χ1) is 7.74. The van der Waals surface area contributed by atoms with Gasteiger partial charge in [0.1, 0.15) is 5.82 Å². The highest BCUT2D eigenvalue weighted by Crippen LogP contribution is 2.32. The van der Waals surface area contributed by atoms with Crippen LogP contribution in [-0.2, 0) is 5.88 Å². The van der Waals surface area contributed by atoms with E-state index in [-0.39, 0.29) is 11.4 Å². The van der Waals surface area contributed by atoms with Crippen LogP contribution in [-0.4, -0.2) is 11.3 Å². The third-order valence-electron chi connectivity index (χ3n) is 1.76. The van der Waals surface area contributed by atoms with Gasteiger partial charge in [-0.2, -0.15) is 4.98 Å². The number of nitrogens with zero attached hydrogens (tertiary/aromatic N) is 1. The second kappa shape index (κ2) is 4.91. The van der Waals surface area contributed by atoms with Crippen LogP contribution in [0.3, 0.4) is 0 Å². The number of hydrogen-bond acceptors (Lipinski definition) is 3. The molecule has 0 unspecified atom stereocenters. The Labute approximate surface area is 97.3 Å². The van der Waals surface area contributed by atoms with Gasteiger partial charge in [0.15, 0.2) is 0 Å². The summed E-state index contributed by atoms with van der Waals surface area (Å²) in [6, 6.07) is 0.465. The lowest BCUT2D eigenvalue weighted by atomic mass is 10.1. The number of alkyl halides is 6. The van der Waals surface area contributed by atoms with E-state index in [4.69, 9.17) is 17.3 Å². The molecule has 0 aliphatic heterocycles. The minimum atomic E-state index is -5.03. The van der Waals surface area contributed by atoms with Gasteiger partial charge in [-0.25, -0.2) is 8.78 Å². The zero-order valence-electron chi connectivity index (χ0n) is 8.06. The molecule has 0 aromatic carbocycles. The van der Waals surface area contributed by atoms with Crippen molar-refractivity contribution in [3.8, 4) is 5.88 Å². The van der Waals surface area contributed by atoms with Crippen LogP contribution in [0.2, 0.25) is 0 Å². The van der Waals surface area contributed by atoms with E-state index in [1.807, 2.05) is 0 Å². The highest BCUT2D eigenvalue weighted by Gasteiger charge is 2.32. The van der Waals surface area contributed by atoms with Crippen LogP contribution in [0.1, 0.15) is 17.6 Å². The monoisotopic (exact) mass is 276 g/mol. The Kier molecular flexibility index (Phi) is 3.97. The van der Waals surface area contributed by atoms with Gasteiger partial charge in [-0.15, -0.1) is 24.8 Å². The van der Waals surface area contributed by atoms with Gasteiger partial charge in [-0.1, -0.05) is 0 Å². The normalized spacial score (nSPS) is 11.9. The van der Waals surface area contributed by atoms with Gasteiger partial charge in [0.25, 0.3) is 6.43 Å². The highest BCUT2D eigenvalue weighted by atomic mass is 35.5. The van der Waals surface area contributed by atoms with E-state index >= 15 is 0 Å². The fraction of sp³-hybridized carbons (Fsp3) is 0.375. The molecule has 0 aliphatic carbocycles. The smallest absolute Gasteiger partial charge is 0.388 e. The molecule has 17 heavy (non-hydrogen) atoms. The molecule has 9 heteroatoms. The maximum absolute atomic E-state index is 12.5. The fourth-order valence-electron chi connectivity index (χ4n) is 1.10. The summed E-state index contributed by atoms with van der Waals surface area (Å²) in [6.45, 7) is 0. The lowest BCUT2D eigenvalue weighted by molar-refractivity contribution is -0.276. The first-order valence-electron chi connectivity index (χ1n) is 4.13. The van der Waals surface area contributed by atoms with Crippen molar-refractivity contribution in [3.63, 3.8) is 0 Å². The van der Waals surface area contributed by atoms with Crippen molar-refractivity contribution in [1.29, 1.82) is 0 Å². The minimum Gasteiger partial charge on any atom is -0.388 e. The summed E-state index contributed by atoms with van der Waals surface area (Å²) in [6.07, 6.45) is -8.05. The zero-order valence-corrected chi connectivity index (χ0v) is 8.82. The summed E-state index contributed by atoms with van der Waals surface area (Å²) in [5.41, 5.74) is 4.27. The zero-order chi connectivity index (χ0) is 13.2. The van der Waals surface area contributed by atoms with Crippen LogP contribution in [0.15, 0.2) is 6.07 Å². The summed E-state index contributed by atoms with van der Waals surface area (Å²) in [7, 11) is 0. The Balaban J connectivity index is 3.20. The molecule has 0 spiro atoms. The number of nitrogen functional groups attached to an aromatic ring is 1. The Morgan fingerprint density at radius 2 is 2.00 bits per heavy atom. The first kappa shape index (κ1) is 13.8. The number of pyridine rings is 1. The van der Waals surface area contributed by atoms with Crippen molar-refractivity contribution < 1.29 is 26.7 Å². The Bertz CT molecular complexity index is 410. The average Bonchev–Trinajstić information content (AvgIpc) is 2.13. The number of hydrogen-bond donors (Lipinski definition) is 1. The molecule has 96 valence electrons. The molecule has 0 fully saturated rings. The molecule has 0 radical (unpaired) electrons. The number of rotatable bonds is 3. The van der Waals surface area contributed by atoms with Crippen LogP contribution in [0.4, 0.5) is 27.8 Å². The van der Waals surface area contributed by atoms with Crippen LogP contribution >= 0.6 is 11.6 Å². The lowest BCUT2D eigenvalue weighted by Crippen LogP contribution is -2.19. The molecule has 1 aromatic rings. The van der Waals surface area contributed by atoms with Crippen molar-refractivity contribution in [3.05, 3.63) is 17.2 Å². The van der Waals surface area contributed by atoms with Gasteiger partial charge in [-0.05, 0) is 0 Å². The predicted molar refractivity (Wildman–Crippen MR) is 49.8 cm³/mol. The minimum absolute atomic E-state index is 0.212. The van der Waals surface area contributed by atoms with Gasteiger partial charge in [-0.3, -0.25) is 0 Å². The van der Waals surface area contributed by atoms with Crippen LogP contribution in [0.5, 0.6) is 5.88 Å². The van der Waals surface area contributed by atoms with E-state index in [0.717, 1.165) is 0 Å². The topological polar surface area (TPSA) is 48.1 Å². The molecular weight excluding hydrogens is 271 g/mol. The van der Waals surface area contributed by atoms with Crippen LogP contribution < -0.4 is 10.5 Å². The lowest BCUT2D eigenvalue weighted by Gasteiger charge is -2.13. The predicted octanol–water partition coefficient (Wildman–Crippen LogP) is 3.24. The maximum atomic E-state index is 12.5. The molecule has 1 aromatic heterocycles. The van der Waals surface area contributed by atoms with Crippen molar-refractivity contribution in [1.82, 2.24) is 4.98 Å². The van der Waals surface area contributed by atoms with Crippen LogP contribution in [0, 0.1) is 0 Å². The van der Waals surface area contributed by atoms with Crippen LogP contribution in [0.25, 0.3) is 0 Å². The number of ether oxygens (including phenoxy) is 1. The molecule has 0 saturated carbocycles. The number of anilines is 1. The molecule has 2 N–H and O–H groups in total. The quantitative estimate of drug-likeness (QED) is 0.681. The molecule has 0 atom stereocenters. The largest absolute Gasteiger partial charge is 0.574 e. The van der Waals surface area contributed by atoms with E-state index in [9.17, 15) is 22.0 Å². The SMILES string of the molecule is Nc1nc(OC(F)(F)F)cc(C(F)F)c1CCl. The Morgan fingerprint density at radius 3 is 2.41 bits per heavy atom. The summed E-state index contributed by atoms with van der Waals surface area (Å²) in [4.78, 5) is 3.19. The van der Waals surface area contributed by atoms with Crippen molar-refractivity contribution in [2.75, 3.05) is 5.73 Å². The van der Waals surface area contributed by atoms with E-state index in [1.165, 1.54) is 0 Å². The second-order valence-electron chi connectivity index (χ2n) is 2.90. The fourth-order valence-corrected chi connectivity index (χ4v) is 1.39. The van der Waals surface area contributed by atoms with Gasteiger partial charge >= 0.3 is 6.36 Å². The average molecular weight is 277 g/mol. The molecule has 0 saturated heterocycles. The molecule has 0 amide bonds. The number of nitrogens with two attached hydrogens (primary N) is 1. The Hall–Kier alpha value is -1.31. The van der Waals surface area contributed by atoms with E-state index in [0.29, 0.717) is 6.07 Å². The number of aromatic nitrogens is 1. The second-order valence-corrected chi connectivity index (χ2v) is 3.16. The molecule has 0 aliphatic rings. The molecule has 1 heterocycles. The molecular formula is C8H6ClF5N2O. The van der Waals surface area contributed by atoms with Crippen molar-refractivity contribution in [2.45, 2.75) is 18.7 Å². The van der Waals surface area contributed by atoms with Gasteiger partial charge < -0.3 is 10.5 Å². The van der Waals surface area contributed by atoms with Gasteiger partial charge in [0.05, 0.1) is 5.88 Å². The summed E-state index contributed by atoms with van der Waals surface area (Å²) < 4.78 is 64.1. The molecule has 3 nitrogen and oxygen atoms in total. The highest BCUT2D eigenvalue weighted by molar-refractivity contribution is 6.17. The maximum Gasteiger partial charge on any atom is 0.574 e. The van der Waals surface area contributed by atoms with Gasteiger partial charge in [0.2, 0.25) is 5.88 Å². The summed E-state index contributed by atoms with van der Waals surface area (Å²) in [5.74, 6) is -1.94. The standard InChI is InChI=1S/C8H6ClF5N2O/c9-2-4-3(6(10)11)1-5(16-7(4)15)17-8(12,13)14/h1,6H,2H2,(H2,15,16). The Morgan fingerprint density at radius 1 is 1.41 bits per heavy atom. The number of halogens is 6. The van der Waals surface area contributed by atoms with E-state index in [2.05, 4.69) is 9.72 Å². The van der Waals surface area contributed by atoms with Crippen molar-refractivity contribution in [2.24, 2.45) is 0 Å². The van der Waals surface area contributed by atoms with Crippen molar-refractivity contribution >= 4 is 17.4 Å². The summed E-state index contributed by atoms with van der Waals surface area (Å²) >= 11 is 5.35. The first-order valence-corrected chi connectivity index (χ1v) is 4.67.